The third kappa shape index (κ3) is 3.10. The number of benzene rings is 2. The second kappa shape index (κ2) is 6.71. The summed E-state index contributed by atoms with van der Waals surface area (Å²) in [7, 11) is 1.65. The standard InChI is InChI=1S/C20H20FN3O2/c1-26-17-5-3-16(4-6-17)23-8-10-24(11-9-23)20(25)19-13-14-12-15(21)2-7-18(14)22-19/h2-7,12-13,22H,8-11H2,1H3. The molecule has 26 heavy (non-hydrogen) atoms. The lowest BCUT2D eigenvalue weighted by Gasteiger charge is -2.36. The number of rotatable bonds is 3. The number of aromatic amines is 1. The summed E-state index contributed by atoms with van der Waals surface area (Å²) in [6.07, 6.45) is 0. The van der Waals surface area contributed by atoms with E-state index in [-0.39, 0.29) is 11.7 Å². The summed E-state index contributed by atoms with van der Waals surface area (Å²) in [5.74, 6) is 0.484. The van der Waals surface area contributed by atoms with E-state index in [0.717, 1.165) is 30.0 Å². The van der Waals surface area contributed by atoms with Gasteiger partial charge in [-0.2, -0.15) is 0 Å². The molecule has 0 spiro atoms. The number of piperazine rings is 1. The lowest BCUT2D eigenvalue weighted by molar-refractivity contribution is 0.0742. The highest BCUT2D eigenvalue weighted by molar-refractivity contribution is 5.98. The fraction of sp³-hybridized carbons (Fsp3) is 0.250. The van der Waals surface area contributed by atoms with Gasteiger partial charge in [0.25, 0.3) is 5.91 Å². The molecule has 134 valence electrons. The van der Waals surface area contributed by atoms with Gasteiger partial charge in [-0.3, -0.25) is 4.79 Å². The molecule has 1 saturated heterocycles. The monoisotopic (exact) mass is 353 g/mol. The van der Waals surface area contributed by atoms with Crippen LogP contribution in [0.4, 0.5) is 10.1 Å². The topological polar surface area (TPSA) is 48.6 Å². The van der Waals surface area contributed by atoms with E-state index in [1.807, 2.05) is 29.2 Å². The first-order valence-corrected chi connectivity index (χ1v) is 8.60. The molecule has 2 aromatic carbocycles. The second-order valence-corrected chi connectivity index (χ2v) is 6.39. The second-order valence-electron chi connectivity index (χ2n) is 6.39. The summed E-state index contributed by atoms with van der Waals surface area (Å²) < 4.78 is 18.5. The van der Waals surface area contributed by atoms with Crippen LogP contribution in [0.2, 0.25) is 0 Å². The number of nitrogens with zero attached hydrogens (tertiary/aromatic N) is 2. The molecular formula is C20H20FN3O2. The molecule has 0 unspecified atom stereocenters. The number of methoxy groups -OCH3 is 1. The number of halogens is 1. The Morgan fingerprint density at radius 1 is 1.04 bits per heavy atom. The summed E-state index contributed by atoms with van der Waals surface area (Å²) in [6.45, 7) is 2.84. The number of H-pyrrole nitrogens is 1. The Balaban J connectivity index is 1.43. The van der Waals surface area contributed by atoms with E-state index < -0.39 is 0 Å². The lowest BCUT2D eigenvalue weighted by atomic mass is 10.2. The highest BCUT2D eigenvalue weighted by Crippen LogP contribution is 2.22. The van der Waals surface area contributed by atoms with Crippen molar-refractivity contribution in [2.75, 3.05) is 38.2 Å². The van der Waals surface area contributed by atoms with Crippen molar-refractivity contribution in [2.24, 2.45) is 0 Å². The van der Waals surface area contributed by atoms with Gasteiger partial charge in [-0.25, -0.2) is 4.39 Å². The van der Waals surface area contributed by atoms with Crippen LogP contribution in [0.5, 0.6) is 5.75 Å². The molecule has 3 aromatic rings. The van der Waals surface area contributed by atoms with Gasteiger partial charge in [-0.05, 0) is 48.5 Å². The van der Waals surface area contributed by atoms with Gasteiger partial charge in [0.1, 0.15) is 17.3 Å². The molecule has 1 aliphatic heterocycles. The number of anilines is 1. The number of carbonyl (C=O) groups excluding carboxylic acids is 1. The first-order valence-electron chi connectivity index (χ1n) is 8.60. The van der Waals surface area contributed by atoms with Crippen molar-refractivity contribution in [3.05, 3.63) is 60.0 Å². The zero-order valence-corrected chi connectivity index (χ0v) is 14.5. The highest BCUT2D eigenvalue weighted by atomic mass is 19.1. The summed E-state index contributed by atoms with van der Waals surface area (Å²) in [6, 6.07) is 14.1. The van der Waals surface area contributed by atoms with E-state index in [1.165, 1.54) is 12.1 Å². The number of hydrogen-bond donors (Lipinski definition) is 1. The zero-order valence-electron chi connectivity index (χ0n) is 14.5. The van der Waals surface area contributed by atoms with Crippen LogP contribution >= 0.6 is 0 Å². The number of carbonyl (C=O) groups is 1. The summed E-state index contributed by atoms with van der Waals surface area (Å²) in [5.41, 5.74) is 2.40. The minimum Gasteiger partial charge on any atom is -0.497 e. The third-order valence-corrected chi connectivity index (χ3v) is 4.82. The van der Waals surface area contributed by atoms with E-state index >= 15 is 0 Å². The number of fused-ring (bicyclic) bond motifs is 1. The predicted molar refractivity (Wildman–Crippen MR) is 99.4 cm³/mol. The number of aromatic nitrogens is 1. The van der Waals surface area contributed by atoms with E-state index in [2.05, 4.69) is 9.88 Å². The highest BCUT2D eigenvalue weighted by Gasteiger charge is 2.23. The normalized spacial score (nSPS) is 14.7. The molecule has 1 aromatic heterocycles. The van der Waals surface area contributed by atoms with Crippen molar-refractivity contribution in [1.82, 2.24) is 9.88 Å². The Hall–Kier alpha value is -3.02. The van der Waals surface area contributed by atoms with Gasteiger partial charge in [0.2, 0.25) is 0 Å². The minimum absolute atomic E-state index is 0.0454. The number of hydrogen-bond acceptors (Lipinski definition) is 3. The average molecular weight is 353 g/mol. The van der Waals surface area contributed by atoms with Crippen LogP contribution in [0.3, 0.4) is 0 Å². The Kier molecular flexibility index (Phi) is 4.24. The van der Waals surface area contributed by atoms with Crippen molar-refractivity contribution in [3.63, 3.8) is 0 Å². The Bertz CT molecular complexity index is 928. The molecule has 1 fully saturated rings. The molecule has 0 saturated carbocycles. The first-order chi connectivity index (χ1) is 12.6. The molecule has 2 heterocycles. The van der Waals surface area contributed by atoms with Crippen molar-refractivity contribution in [1.29, 1.82) is 0 Å². The summed E-state index contributed by atoms with van der Waals surface area (Å²) in [4.78, 5) is 19.9. The van der Waals surface area contributed by atoms with Crippen molar-refractivity contribution in [2.45, 2.75) is 0 Å². The van der Waals surface area contributed by atoms with Crippen molar-refractivity contribution in [3.8, 4) is 5.75 Å². The molecule has 1 amide bonds. The van der Waals surface area contributed by atoms with Gasteiger partial charge in [0, 0.05) is 42.8 Å². The minimum atomic E-state index is -0.302. The molecule has 0 atom stereocenters. The maximum absolute atomic E-state index is 13.3. The van der Waals surface area contributed by atoms with Crippen molar-refractivity contribution >= 4 is 22.5 Å². The maximum atomic E-state index is 13.3. The van der Waals surface area contributed by atoms with Gasteiger partial charge in [0.05, 0.1) is 7.11 Å². The molecule has 1 aliphatic rings. The van der Waals surface area contributed by atoms with E-state index in [9.17, 15) is 9.18 Å². The number of nitrogens with one attached hydrogen (secondary N) is 1. The molecule has 0 radical (unpaired) electrons. The van der Waals surface area contributed by atoms with Gasteiger partial charge >= 0.3 is 0 Å². The smallest absolute Gasteiger partial charge is 0.270 e. The van der Waals surface area contributed by atoms with Crippen LogP contribution in [0, 0.1) is 5.82 Å². The van der Waals surface area contributed by atoms with Gasteiger partial charge in [-0.1, -0.05) is 0 Å². The average Bonchev–Trinajstić information content (AvgIpc) is 3.11. The van der Waals surface area contributed by atoms with Gasteiger partial charge in [0.15, 0.2) is 0 Å². The Morgan fingerprint density at radius 3 is 2.46 bits per heavy atom. The van der Waals surface area contributed by atoms with Crippen LogP contribution in [-0.2, 0) is 0 Å². The van der Waals surface area contributed by atoms with Crippen molar-refractivity contribution < 1.29 is 13.9 Å². The van der Waals surface area contributed by atoms with Crippen LogP contribution in [-0.4, -0.2) is 49.1 Å². The fourth-order valence-electron chi connectivity index (χ4n) is 3.35. The fourth-order valence-corrected chi connectivity index (χ4v) is 3.35. The molecular weight excluding hydrogens is 333 g/mol. The number of ether oxygens (including phenoxy) is 1. The molecule has 4 rings (SSSR count). The largest absolute Gasteiger partial charge is 0.497 e. The third-order valence-electron chi connectivity index (χ3n) is 4.82. The van der Waals surface area contributed by atoms with E-state index in [4.69, 9.17) is 4.74 Å². The predicted octanol–water partition coefficient (Wildman–Crippen LogP) is 3.28. The summed E-state index contributed by atoms with van der Waals surface area (Å²) >= 11 is 0. The first kappa shape index (κ1) is 16.4. The van der Waals surface area contributed by atoms with Crippen LogP contribution in [0.1, 0.15) is 10.5 Å². The SMILES string of the molecule is COc1ccc(N2CCN(C(=O)c3cc4cc(F)ccc4[nH]3)CC2)cc1. The van der Waals surface area contributed by atoms with Crippen LogP contribution in [0.25, 0.3) is 10.9 Å². The molecule has 0 aliphatic carbocycles. The van der Waals surface area contributed by atoms with Crippen LogP contribution in [0.15, 0.2) is 48.5 Å². The lowest BCUT2D eigenvalue weighted by Crippen LogP contribution is -2.48. The Labute approximate surface area is 151 Å². The molecule has 1 N–H and O–H groups in total. The zero-order chi connectivity index (χ0) is 18.1. The van der Waals surface area contributed by atoms with Crippen LogP contribution < -0.4 is 9.64 Å². The Morgan fingerprint density at radius 2 is 1.77 bits per heavy atom. The van der Waals surface area contributed by atoms with E-state index in [1.54, 1.807) is 19.2 Å². The summed E-state index contributed by atoms with van der Waals surface area (Å²) in [5, 5.41) is 0.713. The number of amides is 1. The molecule has 6 heteroatoms. The molecule has 5 nitrogen and oxygen atoms in total. The van der Waals surface area contributed by atoms with Gasteiger partial charge < -0.3 is 19.5 Å². The maximum Gasteiger partial charge on any atom is 0.270 e. The van der Waals surface area contributed by atoms with Gasteiger partial charge in [-0.15, -0.1) is 0 Å². The molecule has 0 bridgehead atoms. The van der Waals surface area contributed by atoms with E-state index in [0.29, 0.717) is 24.2 Å². The quantitative estimate of drug-likeness (QED) is 0.786.